The topological polar surface area (TPSA) is 61.8 Å². The molecular weight excluding hydrogens is 493 g/mol. The van der Waals surface area contributed by atoms with Crippen molar-refractivity contribution >= 4 is 27.6 Å². The molecule has 200 valence electrons. The lowest BCUT2D eigenvalue weighted by atomic mass is 9.54. The van der Waals surface area contributed by atoms with Gasteiger partial charge in [-0.15, -0.1) is 0 Å². The molecule has 2 fully saturated rings. The highest BCUT2D eigenvalue weighted by atomic mass is 19.4. The molecule has 7 nitrogen and oxygen atoms in total. The average molecular weight is 525 g/mol. The van der Waals surface area contributed by atoms with E-state index in [9.17, 15) is 18.0 Å². The summed E-state index contributed by atoms with van der Waals surface area (Å²) in [5, 5.41) is -0.927. The van der Waals surface area contributed by atoms with Crippen molar-refractivity contribution in [2.24, 2.45) is 5.92 Å². The number of alkyl halides is 3. The summed E-state index contributed by atoms with van der Waals surface area (Å²) in [4.78, 5) is 25.9. The Morgan fingerprint density at radius 2 is 1.79 bits per heavy atom. The zero-order valence-electron chi connectivity index (χ0n) is 21.8. The van der Waals surface area contributed by atoms with Crippen molar-refractivity contribution in [3.05, 3.63) is 54.0 Å². The molecule has 3 atom stereocenters. The van der Waals surface area contributed by atoms with Crippen molar-refractivity contribution in [1.29, 1.82) is 0 Å². The highest BCUT2D eigenvalue weighted by Gasteiger charge is 2.37. The lowest BCUT2D eigenvalue weighted by molar-refractivity contribution is -0.141. The van der Waals surface area contributed by atoms with Crippen LogP contribution < -0.4 is 4.90 Å². The fourth-order valence-electron chi connectivity index (χ4n) is 5.40. The van der Waals surface area contributed by atoms with Gasteiger partial charge in [0.05, 0.1) is 46.8 Å². The number of carbonyl (C=O) groups is 1. The van der Waals surface area contributed by atoms with Crippen molar-refractivity contribution < 1.29 is 22.7 Å². The van der Waals surface area contributed by atoms with Crippen LogP contribution in [0.5, 0.6) is 0 Å². The van der Waals surface area contributed by atoms with Crippen LogP contribution in [0.1, 0.15) is 44.4 Å². The summed E-state index contributed by atoms with van der Waals surface area (Å²) in [5.41, 5.74) is 0.127. The number of anilines is 1. The quantitative estimate of drug-likeness (QED) is 0.535. The van der Waals surface area contributed by atoms with Crippen molar-refractivity contribution in [3.8, 4) is 0 Å². The molecule has 2 aromatic rings. The SMILES string of the molecule is [B]C1([B])CC(CCOC(=O)N2[C@H](C)CN(c3cnc(C(F)(F)F)cn3)C[C@@H]2C)CCN1Cc1ccccc1. The van der Waals surface area contributed by atoms with Gasteiger partial charge in [0.25, 0.3) is 0 Å². The molecule has 4 radical (unpaired) electrons. The monoisotopic (exact) mass is 525 g/mol. The van der Waals surface area contributed by atoms with Gasteiger partial charge in [-0.1, -0.05) is 35.7 Å². The van der Waals surface area contributed by atoms with E-state index in [1.165, 1.54) is 0 Å². The van der Waals surface area contributed by atoms with Crippen LogP contribution in [-0.4, -0.2) is 85.2 Å². The smallest absolute Gasteiger partial charge is 0.434 e. The van der Waals surface area contributed by atoms with Gasteiger partial charge in [0.1, 0.15) is 5.82 Å². The number of nitrogens with zero attached hydrogens (tertiary/aromatic N) is 5. The van der Waals surface area contributed by atoms with E-state index in [1.54, 1.807) is 4.90 Å². The minimum Gasteiger partial charge on any atom is -0.449 e. The average Bonchev–Trinajstić information content (AvgIpc) is 2.85. The van der Waals surface area contributed by atoms with Gasteiger partial charge in [-0.25, -0.2) is 14.8 Å². The molecule has 0 saturated carbocycles. The van der Waals surface area contributed by atoms with Crippen molar-refractivity contribution in [2.75, 3.05) is 31.1 Å². The Kier molecular flexibility index (Phi) is 8.59. The number of hydrogen-bond donors (Lipinski definition) is 0. The second-order valence-electron chi connectivity index (χ2n) is 10.4. The van der Waals surface area contributed by atoms with Crippen LogP contribution in [0, 0.1) is 5.92 Å². The molecule has 12 heteroatoms. The lowest BCUT2D eigenvalue weighted by Crippen LogP contribution is -2.59. The van der Waals surface area contributed by atoms with E-state index in [0.29, 0.717) is 38.3 Å². The molecule has 0 aliphatic carbocycles. The van der Waals surface area contributed by atoms with Crippen LogP contribution >= 0.6 is 0 Å². The van der Waals surface area contributed by atoms with Crippen LogP contribution in [0.4, 0.5) is 23.8 Å². The Morgan fingerprint density at radius 3 is 2.37 bits per heavy atom. The maximum Gasteiger partial charge on any atom is 0.434 e. The van der Waals surface area contributed by atoms with Gasteiger partial charge in [0.2, 0.25) is 0 Å². The summed E-state index contributed by atoms with van der Waals surface area (Å²) in [6, 6.07) is 9.63. The molecule has 0 N–H and O–H groups in total. The molecule has 38 heavy (non-hydrogen) atoms. The second-order valence-corrected chi connectivity index (χ2v) is 10.4. The fraction of sp³-hybridized carbons (Fsp3) is 0.577. The molecule has 1 aromatic heterocycles. The Bertz CT molecular complexity index is 1060. The Labute approximate surface area is 224 Å². The van der Waals surface area contributed by atoms with E-state index in [1.807, 2.05) is 36.9 Å². The number of amides is 1. The van der Waals surface area contributed by atoms with E-state index in [-0.39, 0.29) is 24.6 Å². The van der Waals surface area contributed by atoms with Gasteiger partial charge in [-0.05, 0) is 51.1 Å². The maximum atomic E-state index is 12.9. The Morgan fingerprint density at radius 1 is 1.11 bits per heavy atom. The number of aromatic nitrogens is 2. The van der Waals surface area contributed by atoms with E-state index < -0.39 is 23.3 Å². The molecule has 3 heterocycles. The Balaban J connectivity index is 1.24. The third-order valence-electron chi connectivity index (χ3n) is 7.36. The minimum atomic E-state index is -4.54. The first-order valence-corrected chi connectivity index (χ1v) is 12.9. The molecule has 0 spiro atoms. The minimum absolute atomic E-state index is 0.225. The standard InChI is InChI=1S/C26H32B2F3N5O2/c1-18-15-34(23-14-32-22(13-33-23)26(29,30)31)16-19(2)36(18)24(37)38-11-9-20-8-10-35(25(27,28)12-20)17-21-6-4-3-5-7-21/h3-7,13-14,18-20H,8-12,15-17H2,1-2H3/t18-,19+,20?. The first kappa shape index (κ1) is 28.3. The number of benzene rings is 1. The van der Waals surface area contributed by atoms with E-state index in [0.717, 1.165) is 30.9 Å². The number of piperazine rings is 1. The number of piperidine rings is 1. The number of halogens is 3. The third-order valence-corrected chi connectivity index (χ3v) is 7.36. The van der Waals surface area contributed by atoms with Crippen LogP contribution in [0.2, 0.25) is 0 Å². The summed E-state index contributed by atoms with van der Waals surface area (Å²) < 4.78 is 44.0. The molecular formula is C26H32B2F3N5O2. The third kappa shape index (κ3) is 6.81. The zero-order valence-corrected chi connectivity index (χ0v) is 21.8. The molecule has 0 bridgehead atoms. The van der Waals surface area contributed by atoms with E-state index >= 15 is 0 Å². The zero-order chi connectivity index (χ0) is 27.5. The number of ether oxygens (including phenoxy) is 1. The van der Waals surface area contributed by atoms with Gasteiger partial charge >= 0.3 is 12.3 Å². The van der Waals surface area contributed by atoms with Crippen LogP contribution in [0.25, 0.3) is 0 Å². The molecule has 1 unspecified atom stereocenters. The van der Waals surface area contributed by atoms with Crippen molar-refractivity contribution in [3.63, 3.8) is 0 Å². The Hall–Kier alpha value is -2.75. The summed E-state index contributed by atoms with van der Waals surface area (Å²) in [6.07, 6.45) is -0.895. The van der Waals surface area contributed by atoms with Gasteiger partial charge in [-0.2, -0.15) is 13.2 Å². The van der Waals surface area contributed by atoms with Gasteiger partial charge in [-0.3, -0.25) is 4.90 Å². The van der Waals surface area contributed by atoms with Gasteiger partial charge < -0.3 is 14.5 Å². The first-order chi connectivity index (χ1) is 17.9. The van der Waals surface area contributed by atoms with Crippen molar-refractivity contribution in [1.82, 2.24) is 19.8 Å². The predicted molar refractivity (Wildman–Crippen MR) is 140 cm³/mol. The van der Waals surface area contributed by atoms with E-state index in [2.05, 4.69) is 27.0 Å². The van der Waals surface area contributed by atoms with Crippen LogP contribution in [-0.2, 0) is 17.5 Å². The normalized spacial score (nSPS) is 24.3. The number of hydrogen-bond acceptors (Lipinski definition) is 6. The maximum absolute atomic E-state index is 12.9. The molecule has 2 saturated heterocycles. The van der Waals surface area contributed by atoms with Crippen molar-refractivity contribution in [2.45, 2.75) is 63.3 Å². The van der Waals surface area contributed by atoms with Gasteiger partial charge in [0.15, 0.2) is 5.69 Å². The first-order valence-electron chi connectivity index (χ1n) is 12.9. The highest BCUT2D eigenvalue weighted by molar-refractivity contribution is 6.40. The molecule has 1 amide bonds. The molecule has 4 rings (SSSR count). The number of carbonyl (C=O) groups excluding carboxylic acids is 1. The summed E-state index contributed by atoms with van der Waals surface area (Å²) in [7, 11) is 12.9. The van der Waals surface area contributed by atoms with Gasteiger partial charge in [0, 0.05) is 19.6 Å². The predicted octanol–water partition coefficient (Wildman–Crippen LogP) is 3.82. The lowest BCUT2D eigenvalue weighted by Gasteiger charge is -2.47. The number of likely N-dealkylation sites (tertiary alicyclic amines) is 1. The molecule has 2 aliphatic rings. The van der Waals surface area contributed by atoms with Crippen LogP contribution in [0.15, 0.2) is 42.7 Å². The second kappa shape index (κ2) is 11.6. The van der Waals surface area contributed by atoms with Crippen LogP contribution in [0.3, 0.4) is 0 Å². The number of rotatable bonds is 6. The summed E-state index contributed by atoms with van der Waals surface area (Å²) in [6.45, 7) is 6.29. The molecule has 1 aromatic carbocycles. The summed E-state index contributed by atoms with van der Waals surface area (Å²) in [5.74, 6) is 0.588. The largest absolute Gasteiger partial charge is 0.449 e. The summed E-state index contributed by atoms with van der Waals surface area (Å²) >= 11 is 0. The molecule has 2 aliphatic heterocycles. The van der Waals surface area contributed by atoms with E-state index in [4.69, 9.17) is 20.4 Å². The highest BCUT2D eigenvalue weighted by Crippen LogP contribution is 2.31. The fourth-order valence-corrected chi connectivity index (χ4v) is 5.40.